The summed E-state index contributed by atoms with van der Waals surface area (Å²) in [7, 11) is 0. The first-order chi connectivity index (χ1) is 14.3. The highest BCUT2D eigenvalue weighted by molar-refractivity contribution is 5.67. The van der Waals surface area contributed by atoms with Crippen LogP contribution in [-0.2, 0) is 23.8 Å². The van der Waals surface area contributed by atoms with E-state index in [1.54, 1.807) is 0 Å². The third kappa shape index (κ3) is 4.29. The molecule has 1 saturated carbocycles. The largest absolute Gasteiger partial charge is 0.459 e. The summed E-state index contributed by atoms with van der Waals surface area (Å²) in [6.45, 7) is 14.6. The minimum Gasteiger partial charge on any atom is -0.459 e. The van der Waals surface area contributed by atoms with Crippen LogP contribution in [0.15, 0.2) is 12.2 Å². The summed E-state index contributed by atoms with van der Waals surface area (Å²) >= 11 is 0. The topological polar surface area (TPSA) is 102 Å². The second-order valence-electron chi connectivity index (χ2n) is 10.4. The molecule has 2 N–H and O–H groups in total. The molecule has 176 valence electrons. The first-order valence-corrected chi connectivity index (χ1v) is 11.4. The summed E-state index contributed by atoms with van der Waals surface area (Å²) in [6, 6.07) is 0. The molecule has 0 radical (unpaired) electrons. The standard InChI is InChI=1S/C24H38O7/c1-12(2)16-9-8-13(3)18-19(16)22-23(6,31-15(5)26)11-10-17(29-14(4)25)24(7,28)21(27)20(18)30-22/h12,16-22,27-28H,3,8-11H2,1-2,4-7H3. The lowest BCUT2D eigenvalue weighted by molar-refractivity contribution is -0.197. The monoisotopic (exact) mass is 438 g/mol. The highest BCUT2D eigenvalue weighted by Gasteiger charge is 2.63. The Bertz CT molecular complexity index is 729. The van der Waals surface area contributed by atoms with Crippen LogP contribution in [0.25, 0.3) is 0 Å². The zero-order chi connectivity index (χ0) is 23.3. The number of carbonyl (C=O) groups is 2. The number of rotatable bonds is 3. The predicted octanol–water partition coefficient (Wildman–Crippen LogP) is 2.77. The maximum absolute atomic E-state index is 12.1. The van der Waals surface area contributed by atoms with E-state index in [0.717, 1.165) is 18.4 Å². The summed E-state index contributed by atoms with van der Waals surface area (Å²) in [5.41, 5.74) is -1.74. The number of hydrogen-bond acceptors (Lipinski definition) is 7. The van der Waals surface area contributed by atoms with Crippen molar-refractivity contribution >= 4 is 11.9 Å². The van der Waals surface area contributed by atoms with Gasteiger partial charge in [0, 0.05) is 25.7 Å². The molecule has 0 amide bonds. The molecule has 0 aromatic carbocycles. The Balaban J connectivity index is 2.13. The average molecular weight is 439 g/mol. The molecular formula is C24H38O7. The molecular weight excluding hydrogens is 400 g/mol. The van der Waals surface area contributed by atoms with Crippen LogP contribution >= 0.6 is 0 Å². The van der Waals surface area contributed by atoms with E-state index in [1.807, 2.05) is 6.92 Å². The first kappa shape index (κ1) is 24.2. The van der Waals surface area contributed by atoms with Gasteiger partial charge < -0.3 is 24.4 Å². The van der Waals surface area contributed by atoms with E-state index in [4.69, 9.17) is 14.2 Å². The fourth-order valence-corrected chi connectivity index (χ4v) is 6.25. The summed E-state index contributed by atoms with van der Waals surface area (Å²) < 4.78 is 17.8. The van der Waals surface area contributed by atoms with E-state index in [1.165, 1.54) is 20.8 Å². The van der Waals surface area contributed by atoms with Crippen LogP contribution in [0.5, 0.6) is 0 Å². The second-order valence-corrected chi connectivity index (χ2v) is 10.4. The second kappa shape index (κ2) is 8.49. The van der Waals surface area contributed by atoms with Crippen molar-refractivity contribution < 1.29 is 34.0 Å². The van der Waals surface area contributed by atoms with Crippen LogP contribution < -0.4 is 0 Å². The van der Waals surface area contributed by atoms with Crippen molar-refractivity contribution in [3.8, 4) is 0 Å². The number of aliphatic hydroxyl groups excluding tert-OH is 1. The molecule has 9 unspecified atom stereocenters. The predicted molar refractivity (Wildman–Crippen MR) is 114 cm³/mol. The van der Waals surface area contributed by atoms with Crippen LogP contribution in [-0.4, -0.2) is 57.8 Å². The summed E-state index contributed by atoms with van der Waals surface area (Å²) in [6.07, 6.45) is -1.12. The zero-order valence-electron chi connectivity index (χ0n) is 19.6. The first-order valence-electron chi connectivity index (χ1n) is 11.4. The molecule has 0 aromatic heterocycles. The van der Waals surface area contributed by atoms with Crippen molar-refractivity contribution in [1.29, 1.82) is 0 Å². The van der Waals surface area contributed by atoms with E-state index in [-0.39, 0.29) is 18.3 Å². The number of carbonyl (C=O) groups excluding carboxylic acids is 2. The molecule has 2 saturated heterocycles. The molecule has 9 atom stereocenters. The summed E-state index contributed by atoms with van der Waals surface area (Å²) in [5, 5.41) is 22.7. The number of esters is 2. The van der Waals surface area contributed by atoms with Crippen LogP contribution in [0.1, 0.15) is 67.2 Å². The van der Waals surface area contributed by atoms with E-state index < -0.39 is 47.6 Å². The minimum absolute atomic E-state index is 0.00586. The molecule has 2 bridgehead atoms. The normalized spacial score (nSPS) is 45.3. The maximum Gasteiger partial charge on any atom is 0.303 e. The molecule has 7 nitrogen and oxygen atoms in total. The van der Waals surface area contributed by atoms with E-state index >= 15 is 0 Å². The Labute approximate surface area is 185 Å². The zero-order valence-corrected chi connectivity index (χ0v) is 19.6. The van der Waals surface area contributed by atoms with Crippen molar-refractivity contribution in [2.45, 2.75) is 103 Å². The Morgan fingerprint density at radius 2 is 1.84 bits per heavy atom. The highest BCUT2D eigenvalue weighted by atomic mass is 16.6. The SMILES string of the molecule is C=C1CCC(C(C)C)C2C1C1OC2C(C)(OC(C)=O)CCC(OC(C)=O)C(C)(O)C1O. The molecule has 31 heavy (non-hydrogen) atoms. The van der Waals surface area contributed by atoms with Crippen molar-refractivity contribution in [3.05, 3.63) is 12.2 Å². The lowest BCUT2D eigenvalue weighted by Gasteiger charge is -2.46. The molecule has 2 aliphatic heterocycles. The van der Waals surface area contributed by atoms with Gasteiger partial charge in [0.2, 0.25) is 0 Å². The Morgan fingerprint density at radius 3 is 2.39 bits per heavy atom. The highest BCUT2D eigenvalue weighted by Crippen LogP contribution is 2.56. The molecule has 3 fully saturated rings. The Kier molecular flexibility index (Phi) is 6.63. The fraction of sp³-hybridized carbons (Fsp3) is 0.833. The van der Waals surface area contributed by atoms with Gasteiger partial charge in [0.1, 0.15) is 29.5 Å². The lowest BCUT2D eigenvalue weighted by Crippen LogP contribution is -2.58. The Hall–Kier alpha value is -1.44. The van der Waals surface area contributed by atoms with Gasteiger partial charge in [0.05, 0.1) is 6.10 Å². The third-order valence-electron chi connectivity index (χ3n) is 7.79. The van der Waals surface area contributed by atoms with E-state index in [0.29, 0.717) is 18.3 Å². The molecule has 2 heterocycles. The molecule has 0 aromatic rings. The minimum atomic E-state index is -1.73. The summed E-state index contributed by atoms with van der Waals surface area (Å²) in [5.74, 6) is -0.457. The van der Waals surface area contributed by atoms with E-state index in [9.17, 15) is 19.8 Å². The van der Waals surface area contributed by atoms with Gasteiger partial charge in [0.25, 0.3) is 0 Å². The lowest BCUT2D eigenvalue weighted by atomic mass is 9.60. The smallest absolute Gasteiger partial charge is 0.303 e. The van der Waals surface area contributed by atoms with Crippen molar-refractivity contribution in [2.75, 3.05) is 0 Å². The van der Waals surface area contributed by atoms with Crippen LogP contribution in [0, 0.1) is 23.7 Å². The van der Waals surface area contributed by atoms with E-state index in [2.05, 4.69) is 20.4 Å². The van der Waals surface area contributed by atoms with Gasteiger partial charge >= 0.3 is 11.9 Å². The van der Waals surface area contributed by atoms with Gasteiger partial charge in [-0.2, -0.15) is 0 Å². The number of hydrogen-bond donors (Lipinski definition) is 2. The van der Waals surface area contributed by atoms with Gasteiger partial charge in [-0.3, -0.25) is 9.59 Å². The van der Waals surface area contributed by atoms with Crippen molar-refractivity contribution in [3.63, 3.8) is 0 Å². The van der Waals surface area contributed by atoms with Crippen molar-refractivity contribution in [1.82, 2.24) is 0 Å². The van der Waals surface area contributed by atoms with Crippen molar-refractivity contribution in [2.24, 2.45) is 23.7 Å². The van der Waals surface area contributed by atoms with Gasteiger partial charge in [-0.05, 0) is 51.4 Å². The van der Waals surface area contributed by atoms with Crippen LogP contribution in [0.4, 0.5) is 0 Å². The average Bonchev–Trinajstić information content (AvgIpc) is 3.05. The Morgan fingerprint density at radius 1 is 1.19 bits per heavy atom. The number of ether oxygens (including phenoxy) is 3. The summed E-state index contributed by atoms with van der Waals surface area (Å²) in [4.78, 5) is 23.8. The quantitative estimate of drug-likeness (QED) is 0.516. The van der Waals surface area contributed by atoms with Gasteiger partial charge in [-0.1, -0.05) is 26.0 Å². The van der Waals surface area contributed by atoms with Crippen LogP contribution in [0.2, 0.25) is 0 Å². The molecule has 3 aliphatic rings. The maximum atomic E-state index is 12.1. The van der Waals surface area contributed by atoms with Crippen LogP contribution in [0.3, 0.4) is 0 Å². The molecule has 1 aliphatic carbocycles. The third-order valence-corrected chi connectivity index (χ3v) is 7.79. The molecule has 0 spiro atoms. The number of aliphatic hydroxyl groups is 2. The van der Waals surface area contributed by atoms with Gasteiger partial charge in [-0.25, -0.2) is 0 Å². The van der Waals surface area contributed by atoms with Gasteiger partial charge in [0.15, 0.2) is 0 Å². The molecule has 7 heteroatoms. The fourth-order valence-electron chi connectivity index (χ4n) is 6.25. The molecule has 3 rings (SSSR count). The van der Waals surface area contributed by atoms with Gasteiger partial charge in [-0.15, -0.1) is 0 Å². The number of fused-ring (bicyclic) bond motifs is 5.